The molecule has 1 aromatic carbocycles. The van der Waals surface area contributed by atoms with Crippen molar-refractivity contribution in [3.8, 4) is 11.3 Å². The summed E-state index contributed by atoms with van der Waals surface area (Å²) in [7, 11) is 0. The standard InChI is InChI=1S/C16H15N3O2S2/c20-19(21)13-8-9-14(23-16(22)18-10-4-5-11-18)17-15(13)12-6-2-1-3-7-12/h1-3,6-9H,4-5,10-11H2. The van der Waals surface area contributed by atoms with Gasteiger partial charge < -0.3 is 4.90 Å². The maximum atomic E-state index is 11.3. The van der Waals surface area contributed by atoms with Crippen LogP contribution in [0.1, 0.15) is 12.8 Å². The number of thioether (sulfide) groups is 1. The second-order valence-electron chi connectivity index (χ2n) is 5.20. The molecule has 0 atom stereocenters. The highest BCUT2D eigenvalue weighted by Gasteiger charge is 2.20. The van der Waals surface area contributed by atoms with Crippen molar-refractivity contribution in [2.75, 3.05) is 13.1 Å². The summed E-state index contributed by atoms with van der Waals surface area (Å²) in [6.45, 7) is 1.95. The van der Waals surface area contributed by atoms with Gasteiger partial charge in [0.1, 0.15) is 15.0 Å². The van der Waals surface area contributed by atoms with Crippen LogP contribution in [-0.4, -0.2) is 32.2 Å². The van der Waals surface area contributed by atoms with Crippen LogP contribution < -0.4 is 0 Å². The topological polar surface area (TPSA) is 59.3 Å². The molecular formula is C16H15N3O2S2. The van der Waals surface area contributed by atoms with Crippen molar-refractivity contribution in [2.45, 2.75) is 17.9 Å². The van der Waals surface area contributed by atoms with Gasteiger partial charge in [-0.1, -0.05) is 42.5 Å². The Hall–Kier alpha value is -1.99. The number of nitro groups is 1. The van der Waals surface area contributed by atoms with E-state index in [1.165, 1.54) is 17.8 Å². The van der Waals surface area contributed by atoms with Gasteiger partial charge in [0.05, 0.1) is 4.92 Å². The Labute approximate surface area is 143 Å². The summed E-state index contributed by atoms with van der Waals surface area (Å²) in [4.78, 5) is 17.5. The molecular weight excluding hydrogens is 330 g/mol. The molecule has 0 saturated carbocycles. The summed E-state index contributed by atoms with van der Waals surface area (Å²) < 4.78 is 0.780. The predicted molar refractivity (Wildman–Crippen MR) is 95.6 cm³/mol. The zero-order valence-corrected chi connectivity index (χ0v) is 14.0. The first-order valence-electron chi connectivity index (χ1n) is 7.33. The lowest BCUT2D eigenvalue weighted by Crippen LogP contribution is -2.23. The first-order valence-corrected chi connectivity index (χ1v) is 8.55. The number of benzene rings is 1. The Kier molecular flexibility index (Phi) is 4.88. The molecule has 23 heavy (non-hydrogen) atoms. The fourth-order valence-electron chi connectivity index (χ4n) is 2.50. The van der Waals surface area contributed by atoms with E-state index >= 15 is 0 Å². The molecule has 1 fully saturated rings. The Morgan fingerprint density at radius 3 is 2.52 bits per heavy atom. The third-order valence-corrected chi connectivity index (χ3v) is 5.03. The molecule has 0 amide bonds. The first-order chi connectivity index (χ1) is 11.1. The molecule has 1 aliphatic heterocycles. The van der Waals surface area contributed by atoms with E-state index in [1.807, 2.05) is 30.3 Å². The molecule has 0 spiro atoms. The van der Waals surface area contributed by atoms with Crippen LogP contribution in [0.2, 0.25) is 0 Å². The van der Waals surface area contributed by atoms with Gasteiger partial charge in [0, 0.05) is 24.7 Å². The van der Waals surface area contributed by atoms with Gasteiger partial charge in [-0.05, 0) is 30.7 Å². The molecule has 0 unspecified atom stereocenters. The van der Waals surface area contributed by atoms with Gasteiger partial charge >= 0.3 is 0 Å². The van der Waals surface area contributed by atoms with Crippen molar-refractivity contribution in [3.63, 3.8) is 0 Å². The second-order valence-corrected chi connectivity index (χ2v) is 6.86. The summed E-state index contributed by atoms with van der Waals surface area (Å²) in [6.07, 6.45) is 2.31. The zero-order valence-electron chi connectivity index (χ0n) is 12.3. The van der Waals surface area contributed by atoms with Crippen LogP contribution in [0.25, 0.3) is 11.3 Å². The van der Waals surface area contributed by atoms with Crippen LogP contribution in [0.5, 0.6) is 0 Å². The molecule has 1 aliphatic rings. The van der Waals surface area contributed by atoms with E-state index in [4.69, 9.17) is 12.2 Å². The van der Waals surface area contributed by atoms with E-state index in [2.05, 4.69) is 9.88 Å². The number of hydrogen-bond acceptors (Lipinski definition) is 5. The molecule has 5 nitrogen and oxygen atoms in total. The van der Waals surface area contributed by atoms with Crippen LogP contribution in [0.4, 0.5) is 5.69 Å². The second kappa shape index (κ2) is 7.06. The monoisotopic (exact) mass is 345 g/mol. The van der Waals surface area contributed by atoms with Crippen molar-refractivity contribution in [2.24, 2.45) is 0 Å². The minimum absolute atomic E-state index is 0.00707. The van der Waals surface area contributed by atoms with Crippen LogP contribution in [0, 0.1) is 10.1 Å². The highest BCUT2D eigenvalue weighted by molar-refractivity contribution is 8.22. The lowest BCUT2D eigenvalue weighted by atomic mass is 10.1. The molecule has 2 heterocycles. The van der Waals surface area contributed by atoms with E-state index in [-0.39, 0.29) is 5.69 Å². The molecule has 1 aromatic heterocycles. The largest absolute Gasteiger partial charge is 0.357 e. The predicted octanol–water partition coefficient (Wildman–Crippen LogP) is 4.13. The molecule has 0 N–H and O–H groups in total. The molecule has 3 rings (SSSR count). The van der Waals surface area contributed by atoms with E-state index < -0.39 is 4.92 Å². The normalized spacial score (nSPS) is 14.0. The number of thiocarbonyl (C=S) groups is 1. The highest BCUT2D eigenvalue weighted by Crippen LogP contribution is 2.31. The smallest absolute Gasteiger partial charge is 0.295 e. The van der Waals surface area contributed by atoms with Gasteiger partial charge in [-0.25, -0.2) is 4.98 Å². The Balaban J connectivity index is 1.91. The Morgan fingerprint density at radius 2 is 1.87 bits per heavy atom. The van der Waals surface area contributed by atoms with Crippen molar-refractivity contribution < 1.29 is 4.92 Å². The van der Waals surface area contributed by atoms with Crippen LogP contribution in [0.3, 0.4) is 0 Å². The minimum Gasteiger partial charge on any atom is -0.357 e. The van der Waals surface area contributed by atoms with Gasteiger partial charge in [-0.15, -0.1) is 0 Å². The number of aromatic nitrogens is 1. The summed E-state index contributed by atoms with van der Waals surface area (Å²) in [5.41, 5.74) is 1.12. The molecule has 118 valence electrons. The minimum atomic E-state index is -0.400. The quantitative estimate of drug-likeness (QED) is 0.361. The molecule has 2 aromatic rings. The highest BCUT2D eigenvalue weighted by atomic mass is 32.2. The number of pyridine rings is 1. The average molecular weight is 345 g/mol. The van der Waals surface area contributed by atoms with Crippen molar-refractivity contribution in [3.05, 3.63) is 52.6 Å². The maximum absolute atomic E-state index is 11.3. The van der Waals surface area contributed by atoms with Gasteiger partial charge in [0.15, 0.2) is 0 Å². The maximum Gasteiger partial charge on any atom is 0.295 e. The SMILES string of the molecule is O=[N+]([O-])c1ccc(SC(=S)N2CCCC2)nc1-c1ccccc1. The molecule has 7 heteroatoms. The number of rotatable bonds is 3. The summed E-state index contributed by atoms with van der Waals surface area (Å²) in [5.74, 6) is 0. The fraction of sp³-hybridized carbons (Fsp3) is 0.250. The van der Waals surface area contributed by atoms with E-state index in [9.17, 15) is 10.1 Å². The lowest BCUT2D eigenvalue weighted by molar-refractivity contribution is -0.384. The van der Waals surface area contributed by atoms with Crippen LogP contribution in [-0.2, 0) is 0 Å². The first kappa shape index (κ1) is 15.9. The zero-order chi connectivity index (χ0) is 16.2. The van der Waals surface area contributed by atoms with E-state index in [1.54, 1.807) is 6.07 Å². The summed E-state index contributed by atoms with van der Waals surface area (Å²) in [6, 6.07) is 12.4. The number of likely N-dealkylation sites (tertiary alicyclic amines) is 1. The molecule has 0 bridgehead atoms. The van der Waals surface area contributed by atoms with Crippen molar-refractivity contribution in [1.82, 2.24) is 9.88 Å². The van der Waals surface area contributed by atoms with Gasteiger partial charge in [-0.3, -0.25) is 10.1 Å². The number of hydrogen-bond donors (Lipinski definition) is 0. The summed E-state index contributed by atoms with van der Waals surface area (Å²) in [5, 5.41) is 11.9. The van der Waals surface area contributed by atoms with Crippen LogP contribution in [0.15, 0.2) is 47.5 Å². The lowest BCUT2D eigenvalue weighted by Gasteiger charge is -2.17. The molecule has 1 saturated heterocycles. The van der Waals surface area contributed by atoms with E-state index in [0.717, 1.165) is 35.8 Å². The third kappa shape index (κ3) is 3.68. The van der Waals surface area contributed by atoms with Gasteiger partial charge in [-0.2, -0.15) is 0 Å². The van der Waals surface area contributed by atoms with Crippen LogP contribution >= 0.6 is 24.0 Å². The van der Waals surface area contributed by atoms with Gasteiger partial charge in [0.25, 0.3) is 5.69 Å². The average Bonchev–Trinajstić information content (AvgIpc) is 3.10. The van der Waals surface area contributed by atoms with Crippen molar-refractivity contribution in [1.29, 1.82) is 0 Å². The summed E-state index contributed by atoms with van der Waals surface area (Å²) >= 11 is 6.85. The molecule has 0 aliphatic carbocycles. The molecule has 0 radical (unpaired) electrons. The fourth-order valence-corrected chi connectivity index (χ4v) is 3.70. The third-order valence-electron chi connectivity index (χ3n) is 3.65. The number of nitrogens with zero attached hydrogens (tertiary/aromatic N) is 3. The Morgan fingerprint density at radius 1 is 1.17 bits per heavy atom. The van der Waals surface area contributed by atoms with Gasteiger partial charge in [0.2, 0.25) is 0 Å². The Bertz CT molecular complexity index is 731. The van der Waals surface area contributed by atoms with E-state index in [0.29, 0.717) is 10.7 Å². The van der Waals surface area contributed by atoms with Crippen molar-refractivity contribution >= 4 is 34.0 Å².